The van der Waals surface area contributed by atoms with Gasteiger partial charge in [-0.3, -0.25) is 4.79 Å². The third-order valence-electron chi connectivity index (χ3n) is 5.09. The number of aromatic amines is 1. The third-order valence-corrected chi connectivity index (χ3v) is 5.09. The van der Waals surface area contributed by atoms with Crippen molar-refractivity contribution in [2.24, 2.45) is 11.8 Å². The number of aromatic nitrogens is 4. The van der Waals surface area contributed by atoms with Crippen LogP contribution in [-0.2, 0) is 16.0 Å². The summed E-state index contributed by atoms with van der Waals surface area (Å²) in [6.45, 7) is 0.769. The molecule has 2 heterocycles. The Morgan fingerprint density at radius 2 is 2.36 bits per heavy atom. The first-order valence-electron chi connectivity index (χ1n) is 7.82. The number of alkyl halides is 1. The molecular formula is C14H22FN5O2. The first-order valence-corrected chi connectivity index (χ1v) is 7.82. The standard InChI is InChI=1S/C14H22FN5O2/c1-22-13(21)11-6-10-7-14(15,4-2-9(10)8-16-11)5-3-12-17-19-20-18-12/h9-11,16H,2-8H2,1H3,(H,17,18,19,20)/t9-,10-,11-,14-/m0/s1. The molecule has 4 atom stereocenters. The summed E-state index contributed by atoms with van der Waals surface area (Å²) in [4.78, 5) is 11.7. The number of H-pyrrole nitrogens is 1. The number of hydrogen-bond donors (Lipinski definition) is 2. The monoisotopic (exact) mass is 311 g/mol. The number of rotatable bonds is 4. The number of fused-ring (bicyclic) bond motifs is 1. The first kappa shape index (κ1) is 15.3. The number of ether oxygens (including phenoxy) is 1. The van der Waals surface area contributed by atoms with Crippen LogP contribution in [0.1, 0.15) is 37.9 Å². The second-order valence-corrected chi connectivity index (χ2v) is 6.46. The lowest BCUT2D eigenvalue weighted by Crippen LogP contribution is -2.52. The highest BCUT2D eigenvalue weighted by molar-refractivity contribution is 5.75. The van der Waals surface area contributed by atoms with Crippen molar-refractivity contribution in [1.82, 2.24) is 25.9 Å². The van der Waals surface area contributed by atoms with Gasteiger partial charge in [-0.15, -0.1) is 10.2 Å². The number of aryl methyl sites for hydroxylation is 1. The Bertz CT molecular complexity index is 511. The van der Waals surface area contributed by atoms with Crippen LogP contribution in [0.15, 0.2) is 0 Å². The average Bonchev–Trinajstić information content (AvgIpc) is 3.05. The highest BCUT2D eigenvalue weighted by Gasteiger charge is 2.44. The minimum atomic E-state index is -1.19. The van der Waals surface area contributed by atoms with Gasteiger partial charge in [0.05, 0.1) is 7.11 Å². The van der Waals surface area contributed by atoms with Gasteiger partial charge in [0.15, 0.2) is 5.82 Å². The Morgan fingerprint density at radius 1 is 1.50 bits per heavy atom. The summed E-state index contributed by atoms with van der Waals surface area (Å²) in [7, 11) is 1.39. The zero-order valence-electron chi connectivity index (χ0n) is 12.7. The number of tetrazole rings is 1. The maximum absolute atomic E-state index is 15.1. The normalized spacial score (nSPS) is 34.9. The summed E-state index contributed by atoms with van der Waals surface area (Å²) in [6, 6.07) is -0.300. The molecule has 122 valence electrons. The summed E-state index contributed by atoms with van der Waals surface area (Å²) in [6.07, 6.45) is 3.48. The molecule has 0 unspecified atom stereocenters. The van der Waals surface area contributed by atoms with Gasteiger partial charge in [0.25, 0.3) is 0 Å². The predicted octanol–water partition coefficient (Wildman–Crippen LogP) is 0.792. The fourth-order valence-corrected chi connectivity index (χ4v) is 3.82. The molecule has 2 aliphatic rings. The van der Waals surface area contributed by atoms with Crippen molar-refractivity contribution < 1.29 is 13.9 Å². The van der Waals surface area contributed by atoms with Gasteiger partial charge in [0.2, 0.25) is 0 Å². The van der Waals surface area contributed by atoms with E-state index in [0.29, 0.717) is 43.8 Å². The average molecular weight is 311 g/mol. The molecule has 2 N–H and O–H groups in total. The fraction of sp³-hybridized carbons (Fsp3) is 0.857. The van der Waals surface area contributed by atoms with E-state index in [4.69, 9.17) is 4.74 Å². The van der Waals surface area contributed by atoms with Crippen molar-refractivity contribution in [3.05, 3.63) is 5.82 Å². The van der Waals surface area contributed by atoms with Crippen LogP contribution < -0.4 is 5.32 Å². The molecule has 0 radical (unpaired) electrons. The summed E-state index contributed by atoms with van der Waals surface area (Å²) < 4.78 is 19.9. The van der Waals surface area contributed by atoms with Crippen molar-refractivity contribution >= 4 is 5.97 Å². The quantitative estimate of drug-likeness (QED) is 0.799. The van der Waals surface area contributed by atoms with E-state index in [0.717, 1.165) is 13.0 Å². The number of carbonyl (C=O) groups excluding carboxylic acids is 1. The number of hydrogen-bond acceptors (Lipinski definition) is 6. The highest BCUT2D eigenvalue weighted by Crippen LogP contribution is 2.44. The van der Waals surface area contributed by atoms with Crippen LogP contribution in [0, 0.1) is 11.8 Å². The number of methoxy groups -OCH3 is 1. The molecule has 1 saturated carbocycles. The largest absolute Gasteiger partial charge is 0.468 e. The van der Waals surface area contributed by atoms with Gasteiger partial charge in [-0.2, -0.15) is 5.21 Å². The fourth-order valence-electron chi connectivity index (χ4n) is 3.82. The van der Waals surface area contributed by atoms with Crippen molar-refractivity contribution in [1.29, 1.82) is 0 Å². The highest BCUT2D eigenvalue weighted by atomic mass is 19.1. The lowest BCUT2D eigenvalue weighted by atomic mass is 9.67. The van der Waals surface area contributed by atoms with Crippen molar-refractivity contribution in [2.45, 2.75) is 50.2 Å². The van der Waals surface area contributed by atoms with Crippen molar-refractivity contribution in [2.75, 3.05) is 13.7 Å². The Morgan fingerprint density at radius 3 is 3.09 bits per heavy atom. The van der Waals surface area contributed by atoms with Gasteiger partial charge in [-0.25, -0.2) is 4.39 Å². The van der Waals surface area contributed by atoms with Crippen LogP contribution in [0.3, 0.4) is 0 Å². The van der Waals surface area contributed by atoms with Crippen LogP contribution in [-0.4, -0.2) is 52.0 Å². The number of nitrogens with zero attached hydrogens (tertiary/aromatic N) is 3. The van der Waals surface area contributed by atoms with E-state index >= 15 is 4.39 Å². The van der Waals surface area contributed by atoms with Crippen LogP contribution >= 0.6 is 0 Å². The summed E-state index contributed by atoms with van der Waals surface area (Å²) in [5.41, 5.74) is -1.19. The predicted molar refractivity (Wildman–Crippen MR) is 75.6 cm³/mol. The summed E-state index contributed by atoms with van der Waals surface area (Å²) in [5.74, 6) is 0.987. The van der Waals surface area contributed by atoms with E-state index < -0.39 is 5.67 Å². The van der Waals surface area contributed by atoms with Crippen LogP contribution in [0.2, 0.25) is 0 Å². The molecular weight excluding hydrogens is 289 g/mol. The number of nitrogens with one attached hydrogen (secondary N) is 2. The molecule has 3 rings (SSSR count). The topological polar surface area (TPSA) is 92.8 Å². The van der Waals surface area contributed by atoms with Crippen LogP contribution in [0.5, 0.6) is 0 Å². The zero-order chi connectivity index (χ0) is 15.6. The first-order chi connectivity index (χ1) is 10.6. The summed E-state index contributed by atoms with van der Waals surface area (Å²) in [5, 5.41) is 16.9. The minimum Gasteiger partial charge on any atom is -0.468 e. The molecule has 1 aliphatic carbocycles. The van der Waals surface area contributed by atoms with E-state index in [1.54, 1.807) is 0 Å². The van der Waals surface area contributed by atoms with E-state index in [1.165, 1.54) is 7.11 Å². The molecule has 2 fully saturated rings. The van der Waals surface area contributed by atoms with Gasteiger partial charge in [-0.1, -0.05) is 5.21 Å². The molecule has 0 aromatic carbocycles. The Balaban J connectivity index is 1.58. The number of carbonyl (C=O) groups is 1. The van der Waals surface area contributed by atoms with Crippen LogP contribution in [0.4, 0.5) is 4.39 Å². The maximum atomic E-state index is 15.1. The Hall–Kier alpha value is -1.57. The molecule has 0 bridgehead atoms. The van der Waals surface area contributed by atoms with E-state index in [1.807, 2.05) is 0 Å². The number of halogens is 1. The molecule has 1 aliphatic heterocycles. The second-order valence-electron chi connectivity index (χ2n) is 6.46. The molecule has 1 aromatic heterocycles. The molecule has 0 amide bonds. The maximum Gasteiger partial charge on any atom is 0.322 e. The third kappa shape index (κ3) is 3.26. The molecule has 7 nitrogen and oxygen atoms in total. The van der Waals surface area contributed by atoms with Gasteiger partial charge in [0, 0.05) is 6.42 Å². The van der Waals surface area contributed by atoms with Crippen LogP contribution in [0.25, 0.3) is 0 Å². The minimum absolute atomic E-state index is 0.231. The molecule has 22 heavy (non-hydrogen) atoms. The molecule has 1 saturated heterocycles. The zero-order valence-corrected chi connectivity index (χ0v) is 12.7. The molecule has 1 aromatic rings. The Kier molecular flexibility index (Phi) is 4.37. The van der Waals surface area contributed by atoms with Crippen molar-refractivity contribution in [3.63, 3.8) is 0 Å². The van der Waals surface area contributed by atoms with E-state index in [-0.39, 0.29) is 17.9 Å². The van der Waals surface area contributed by atoms with Gasteiger partial charge >= 0.3 is 5.97 Å². The SMILES string of the molecule is COC(=O)[C@@H]1C[C@H]2C[C@@](F)(CCc3nn[nH]n3)CC[C@H]2CN1. The smallest absolute Gasteiger partial charge is 0.322 e. The lowest BCUT2D eigenvalue weighted by molar-refractivity contribution is -0.145. The van der Waals surface area contributed by atoms with E-state index in [9.17, 15) is 4.79 Å². The summed E-state index contributed by atoms with van der Waals surface area (Å²) >= 11 is 0. The second kappa shape index (κ2) is 6.28. The Labute approximate surface area is 128 Å². The van der Waals surface area contributed by atoms with Gasteiger partial charge in [0.1, 0.15) is 11.7 Å². The number of piperidine rings is 1. The molecule has 0 spiro atoms. The van der Waals surface area contributed by atoms with Gasteiger partial charge in [-0.05, 0) is 50.5 Å². The lowest BCUT2D eigenvalue weighted by Gasteiger charge is -2.44. The van der Waals surface area contributed by atoms with E-state index in [2.05, 4.69) is 25.9 Å². The van der Waals surface area contributed by atoms with Crippen molar-refractivity contribution in [3.8, 4) is 0 Å². The molecule has 8 heteroatoms. The van der Waals surface area contributed by atoms with Gasteiger partial charge < -0.3 is 10.1 Å². The number of esters is 1.